The number of hydrogen-bond acceptors (Lipinski definition) is 4. The first kappa shape index (κ1) is 11.8. The highest BCUT2D eigenvalue weighted by atomic mass is 31.2. The Kier molecular flexibility index (Phi) is 2.89. The minimum Gasteiger partial charge on any atom is -0.376 e. The van der Waals surface area contributed by atoms with E-state index >= 15 is 0 Å². The van der Waals surface area contributed by atoms with Gasteiger partial charge in [0, 0.05) is 13.0 Å². The van der Waals surface area contributed by atoms with Crippen LogP contribution in [0.1, 0.15) is 6.42 Å². The van der Waals surface area contributed by atoms with E-state index in [-0.39, 0.29) is 6.54 Å². The Hall–Kier alpha value is -0.230. The molecule has 0 bridgehead atoms. The van der Waals surface area contributed by atoms with Gasteiger partial charge in [-0.1, -0.05) is 0 Å². The van der Waals surface area contributed by atoms with Crippen LogP contribution in [0.2, 0.25) is 0 Å². The van der Waals surface area contributed by atoms with Gasteiger partial charge in [0.1, 0.15) is 0 Å². The van der Waals surface area contributed by atoms with Crippen LogP contribution in [0.5, 0.6) is 0 Å². The third kappa shape index (κ3) is 1.77. The molecule has 0 atom stereocenters. The van der Waals surface area contributed by atoms with Crippen LogP contribution in [0.25, 0.3) is 0 Å². The van der Waals surface area contributed by atoms with Crippen LogP contribution >= 0.6 is 15.2 Å². The van der Waals surface area contributed by atoms with Crippen molar-refractivity contribution in [2.45, 2.75) is 11.4 Å². The van der Waals surface area contributed by atoms with Crippen LogP contribution in [-0.4, -0.2) is 37.5 Å². The van der Waals surface area contributed by atoms with Crippen molar-refractivity contribution in [2.75, 3.05) is 6.54 Å². The van der Waals surface area contributed by atoms with Gasteiger partial charge in [0.25, 0.3) is 5.02 Å². The van der Waals surface area contributed by atoms with Crippen molar-refractivity contribution in [2.24, 2.45) is 4.99 Å². The predicted octanol–water partition coefficient (Wildman–Crippen LogP) is -0.983. The van der Waals surface area contributed by atoms with E-state index in [9.17, 15) is 9.13 Å². The molecule has 0 aromatic carbocycles. The summed E-state index contributed by atoms with van der Waals surface area (Å²) >= 11 is 0. The molecular weight excluding hydrogens is 234 g/mol. The fourth-order valence-corrected chi connectivity index (χ4v) is 3.71. The molecule has 1 rings (SSSR count). The van der Waals surface area contributed by atoms with E-state index in [1.54, 1.807) is 0 Å². The van der Waals surface area contributed by atoms with Crippen LogP contribution in [-0.2, 0) is 9.13 Å². The summed E-state index contributed by atoms with van der Waals surface area (Å²) < 4.78 is 22.0. The zero-order valence-corrected chi connectivity index (χ0v) is 8.73. The molecule has 14 heavy (non-hydrogen) atoms. The monoisotopic (exact) mass is 244 g/mol. The maximum atomic E-state index is 11.0. The number of hydrogen-bond donors (Lipinski definition) is 5. The lowest BCUT2D eigenvalue weighted by atomic mass is 10.4. The molecule has 1 aliphatic heterocycles. The average Bonchev–Trinajstić information content (AvgIpc) is 2.02. The highest BCUT2D eigenvalue weighted by Gasteiger charge is 2.60. The van der Waals surface area contributed by atoms with E-state index < -0.39 is 26.6 Å². The molecule has 0 saturated carbocycles. The Bertz CT molecular complexity index is 320. The Morgan fingerprint density at radius 3 is 1.93 bits per heavy atom. The first-order valence-corrected chi connectivity index (χ1v) is 6.81. The predicted molar refractivity (Wildman–Crippen MR) is 47.9 cm³/mol. The van der Waals surface area contributed by atoms with Crippen LogP contribution in [0.4, 0.5) is 0 Å². The van der Waals surface area contributed by atoms with Crippen molar-refractivity contribution in [1.82, 2.24) is 5.32 Å². The Morgan fingerprint density at radius 2 is 1.71 bits per heavy atom. The number of rotatable bonds is 2. The SMILES string of the molecule is O=P(O)(O)C1(P(=O)(O)O)CCNC=N1. The van der Waals surface area contributed by atoms with Gasteiger partial charge in [0.15, 0.2) is 0 Å². The largest absolute Gasteiger partial charge is 0.376 e. The zero-order valence-electron chi connectivity index (χ0n) is 6.94. The molecule has 1 aliphatic rings. The van der Waals surface area contributed by atoms with E-state index in [4.69, 9.17) is 19.6 Å². The molecule has 10 heteroatoms. The Morgan fingerprint density at radius 1 is 1.21 bits per heavy atom. The van der Waals surface area contributed by atoms with Gasteiger partial charge in [0.05, 0.1) is 6.34 Å². The molecular formula is C4H10N2O6P2. The third-order valence-electron chi connectivity index (χ3n) is 1.90. The summed E-state index contributed by atoms with van der Waals surface area (Å²) in [6, 6.07) is 0. The van der Waals surface area contributed by atoms with Gasteiger partial charge in [0.2, 0.25) is 0 Å². The van der Waals surface area contributed by atoms with Crippen molar-refractivity contribution >= 4 is 21.5 Å². The molecule has 0 unspecified atom stereocenters. The number of nitrogens with one attached hydrogen (secondary N) is 1. The summed E-state index contributed by atoms with van der Waals surface area (Å²) in [4.78, 5) is 38.9. The van der Waals surface area contributed by atoms with Crippen molar-refractivity contribution in [3.8, 4) is 0 Å². The molecule has 0 aromatic heterocycles. The summed E-state index contributed by atoms with van der Waals surface area (Å²) in [6.45, 7) is 0.0553. The second kappa shape index (κ2) is 3.41. The van der Waals surface area contributed by atoms with E-state index in [1.807, 2.05) is 0 Å². The third-order valence-corrected chi connectivity index (χ3v) is 6.01. The van der Waals surface area contributed by atoms with E-state index in [1.165, 1.54) is 0 Å². The Balaban J connectivity index is 3.30. The minimum absolute atomic E-state index is 0.0553. The molecule has 0 amide bonds. The van der Waals surface area contributed by atoms with Gasteiger partial charge < -0.3 is 24.9 Å². The fourth-order valence-electron chi connectivity index (χ4n) is 1.13. The first-order valence-electron chi connectivity index (χ1n) is 3.59. The second-order valence-electron chi connectivity index (χ2n) is 2.82. The molecule has 0 aliphatic carbocycles. The fraction of sp³-hybridized carbons (Fsp3) is 0.750. The van der Waals surface area contributed by atoms with Gasteiger partial charge in [-0.2, -0.15) is 0 Å². The summed E-state index contributed by atoms with van der Waals surface area (Å²) in [5, 5.41) is -0.101. The quantitative estimate of drug-likeness (QED) is 0.393. The minimum atomic E-state index is -4.99. The Labute approximate surface area is 79.4 Å². The standard InChI is InChI=1S/C4H10N2O6P2/c7-13(8,9)4(14(10,11)12)1-2-5-3-6-4/h3H,1-2H2,(H,5,6)(H2,7,8,9)(H2,10,11,12). The molecule has 0 spiro atoms. The number of nitrogens with zero attached hydrogens (tertiary/aromatic N) is 1. The summed E-state index contributed by atoms with van der Waals surface area (Å²) in [7, 11) is -9.99. The molecule has 0 radical (unpaired) electrons. The molecule has 5 N–H and O–H groups in total. The van der Waals surface area contributed by atoms with Gasteiger partial charge in [-0.15, -0.1) is 0 Å². The highest BCUT2D eigenvalue weighted by Crippen LogP contribution is 2.71. The van der Waals surface area contributed by atoms with Crippen molar-refractivity contribution in [1.29, 1.82) is 0 Å². The number of aliphatic imine (C=N–C) groups is 1. The topological polar surface area (TPSA) is 139 Å². The van der Waals surface area contributed by atoms with Crippen molar-refractivity contribution in [3.63, 3.8) is 0 Å². The molecule has 1 heterocycles. The second-order valence-corrected chi connectivity index (χ2v) is 6.83. The van der Waals surface area contributed by atoms with Crippen molar-refractivity contribution < 1.29 is 28.7 Å². The van der Waals surface area contributed by atoms with E-state index in [0.29, 0.717) is 0 Å². The van der Waals surface area contributed by atoms with Crippen molar-refractivity contribution in [3.05, 3.63) is 0 Å². The van der Waals surface area contributed by atoms with Gasteiger partial charge in [-0.25, -0.2) is 4.99 Å². The van der Waals surface area contributed by atoms with Crippen LogP contribution < -0.4 is 5.32 Å². The summed E-state index contributed by atoms with van der Waals surface area (Å²) in [5.41, 5.74) is 0. The maximum Gasteiger partial charge on any atom is 0.365 e. The zero-order chi connectivity index (χ0) is 11.0. The smallest absolute Gasteiger partial charge is 0.365 e. The van der Waals surface area contributed by atoms with Crippen LogP contribution in [0, 0.1) is 0 Å². The lowest BCUT2D eigenvalue weighted by Gasteiger charge is -2.32. The molecule has 0 saturated heterocycles. The van der Waals surface area contributed by atoms with E-state index in [0.717, 1.165) is 6.34 Å². The van der Waals surface area contributed by atoms with Gasteiger partial charge in [-0.05, 0) is 0 Å². The maximum absolute atomic E-state index is 11.0. The average molecular weight is 244 g/mol. The summed E-state index contributed by atoms with van der Waals surface area (Å²) in [5.74, 6) is 0. The van der Waals surface area contributed by atoms with Crippen LogP contribution in [0.15, 0.2) is 4.99 Å². The molecule has 82 valence electrons. The molecule has 0 fully saturated rings. The van der Waals surface area contributed by atoms with E-state index in [2.05, 4.69) is 10.3 Å². The van der Waals surface area contributed by atoms with Crippen LogP contribution in [0.3, 0.4) is 0 Å². The lowest BCUT2D eigenvalue weighted by Crippen LogP contribution is -2.36. The lowest BCUT2D eigenvalue weighted by molar-refractivity contribution is 0.301. The molecule has 0 aromatic rings. The first-order chi connectivity index (χ1) is 6.21. The molecule has 8 nitrogen and oxygen atoms in total. The normalized spacial score (nSPS) is 21.7. The van der Waals surface area contributed by atoms with Gasteiger partial charge >= 0.3 is 15.2 Å². The highest BCUT2D eigenvalue weighted by molar-refractivity contribution is 7.72. The summed E-state index contributed by atoms with van der Waals surface area (Å²) in [6.07, 6.45) is 0.500. The van der Waals surface area contributed by atoms with Gasteiger partial charge in [-0.3, -0.25) is 9.13 Å².